The number of methoxy groups -OCH3 is 1. The lowest BCUT2D eigenvalue weighted by atomic mass is 10.00. The Balaban J connectivity index is 0.00000211. The van der Waals surface area contributed by atoms with Gasteiger partial charge in [0.25, 0.3) is 5.91 Å². The van der Waals surface area contributed by atoms with Gasteiger partial charge in [0.05, 0.1) is 13.2 Å². The van der Waals surface area contributed by atoms with Crippen LogP contribution in [-0.2, 0) is 0 Å². The molecule has 1 aliphatic rings. The average molecular weight is 480 g/mol. The molecule has 0 radical (unpaired) electrons. The summed E-state index contributed by atoms with van der Waals surface area (Å²) in [5.74, 6) is 0.564. The second-order valence-corrected chi connectivity index (χ2v) is 8.14. The largest absolute Gasteiger partial charge is 0.496 e. The van der Waals surface area contributed by atoms with Crippen molar-refractivity contribution >= 4 is 23.4 Å². The third-order valence-electron chi connectivity index (χ3n) is 5.82. The summed E-state index contributed by atoms with van der Waals surface area (Å²) < 4.78 is 5.58. The molecule has 2 aromatic carbocycles. The smallest absolute Gasteiger partial charge is 0.252 e. The molecule has 0 saturated carbocycles. The van der Waals surface area contributed by atoms with Crippen LogP contribution >= 0.6 is 0 Å². The summed E-state index contributed by atoms with van der Waals surface area (Å²) in [5.41, 5.74) is 10.9. The standard InChI is InChI=1S/C26H33N5O2.C2H6.H2/c1-18-6-8-22(31-12-10-30(4)11-13-31)15-24(18)26(32)29-19(2)20-7-9-23(25(14-20)33-5)21(16-27)17-28-3;1-2;/h6-10,12,14-17,19H,11,13,27H2,1-5H3,(H,29,32);1-2H3;1H/b21-16+,28-17?;;/t19-;;/m1../s1. The zero-order valence-electron chi connectivity index (χ0n) is 22.0. The topological polar surface area (TPSA) is 83.2 Å². The number of ether oxygens (including phenoxy) is 1. The van der Waals surface area contributed by atoms with Crippen LogP contribution < -0.4 is 20.7 Å². The summed E-state index contributed by atoms with van der Waals surface area (Å²) in [6.07, 6.45) is 7.27. The number of benzene rings is 2. The third kappa shape index (κ3) is 6.88. The number of hydrogen-bond donors (Lipinski definition) is 2. The van der Waals surface area contributed by atoms with Crippen molar-refractivity contribution in [2.75, 3.05) is 39.2 Å². The number of hydrogen-bond acceptors (Lipinski definition) is 6. The molecule has 1 heterocycles. The predicted molar refractivity (Wildman–Crippen MR) is 149 cm³/mol. The fourth-order valence-corrected chi connectivity index (χ4v) is 3.77. The molecule has 1 atom stereocenters. The normalized spacial score (nSPS) is 14.4. The van der Waals surface area contributed by atoms with Gasteiger partial charge in [0.1, 0.15) is 5.75 Å². The Bertz CT molecular complexity index is 1100. The Morgan fingerprint density at radius 2 is 1.91 bits per heavy atom. The summed E-state index contributed by atoms with van der Waals surface area (Å²) in [7, 11) is 5.36. The minimum absolute atomic E-state index is 0. The number of allylic oxidation sites excluding steroid dienone is 1. The number of aliphatic imine (C=N–C) groups is 1. The van der Waals surface area contributed by atoms with Crippen molar-refractivity contribution in [3.8, 4) is 5.75 Å². The monoisotopic (exact) mass is 479 g/mol. The minimum Gasteiger partial charge on any atom is -0.496 e. The van der Waals surface area contributed by atoms with E-state index < -0.39 is 0 Å². The summed E-state index contributed by atoms with van der Waals surface area (Å²) in [6.45, 7) is 9.73. The van der Waals surface area contributed by atoms with Crippen molar-refractivity contribution in [3.63, 3.8) is 0 Å². The highest BCUT2D eigenvalue weighted by atomic mass is 16.5. The molecule has 2 aromatic rings. The van der Waals surface area contributed by atoms with Crippen molar-refractivity contribution in [2.45, 2.75) is 33.7 Å². The number of aryl methyl sites for hydroxylation is 1. The Labute approximate surface area is 211 Å². The van der Waals surface area contributed by atoms with Gasteiger partial charge in [-0.3, -0.25) is 9.79 Å². The van der Waals surface area contributed by atoms with Gasteiger partial charge in [-0.1, -0.05) is 32.0 Å². The second-order valence-electron chi connectivity index (χ2n) is 8.14. The molecule has 0 bridgehead atoms. The van der Waals surface area contributed by atoms with Crippen LogP contribution in [0.5, 0.6) is 5.75 Å². The molecule has 0 saturated heterocycles. The first-order chi connectivity index (χ1) is 16.9. The molecular weight excluding hydrogens is 438 g/mol. The number of rotatable bonds is 7. The van der Waals surface area contributed by atoms with Crippen LogP contribution in [0.15, 0.2) is 60.0 Å². The summed E-state index contributed by atoms with van der Waals surface area (Å²) in [5, 5.41) is 3.12. The highest BCUT2D eigenvalue weighted by Crippen LogP contribution is 2.29. The van der Waals surface area contributed by atoms with Crippen molar-refractivity contribution in [2.24, 2.45) is 10.7 Å². The lowest BCUT2D eigenvalue weighted by Gasteiger charge is -2.29. The molecule has 7 nitrogen and oxygen atoms in total. The number of carbonyl (C=O) groups excluding carboxylic acids is 1. The van der Waals surface area contributed by atoms with Crippen molar-refractivity contribution in [1.82, 2.24) is 10.2 Å². The fraction of sp³-hybridized carbons (Fsp3) is 0.357. The number of amides is 1. The zero-order valence-corrected chi connectivity index (χ0v) is 22.0. The van der Waals surface area contributed by atoms with E-state index in [0.717, 1.165) is 41.0 Å². The van der Waals surface area contributed by atoms with E-state index in [4.69, 9.17) is 10.5 Å². The quantitative estimate of drug-likeness (QED) is 0.547. The van der Waals surface area contributed by atoms with Crippen molar-refractivity contribution < 1.29 is 11.0 Å². The highest BCUT2D eigenvalue weighted by Gasteiger charge is 2.18. The van der Waals surface area contributed by atoms with Gasteiger partial charge < -0.3 is 25.6 Å². The Morgan fingerprint density at radius 3 is 2.51 bits per heavy atom. The van der Waals surface area contributed by atoms with Gasteiger partial charge in [-0.2, -0.15) is 0 Å². The van der Waals surface area contributed by atoms with Crippen LogP contribution in [0.2, 0.25) is 0 Å². The van der Waals surface area contributed by atoms with E-state index in [-0.39, 0.29) is 13.4 Å². The number of carbonyl (C=O) groups is 1. The van der Waals surface area contributed by atoms with Gasteiger partial charge in [-0.05, 0) is 43.2 Å². The van der Waals surface area contributed by atoms with Crippen LogP contribution in [0.1, 0.15) is 55.3 Å². The molecule has 35 heavy (non-hydrogen) atoms. The van der Waals surface area contributed by atoms with Crippen LogP contribution in [0, 0.1) is 6.92 Å². The summed E-state index contributed by atoms with van der Waals surface area (Å²) in [6, 6.07) is 11.6. The SMILES string of the molecule is CC.CN=C/C(=C\N)c1ccc([C@@H](C)NC(=O)c2cc(N3C=CN(C)CC3)ccc2C)cc1OC.[HH]. The molecule has 3 rings (SSSR count). The van der Waals surface area contributed by atoms with E-state index in [0.29, 0.717) is 11.3 Å². The van der Waals surface area contributed by atoms with E-state index in [1.54, 1.807) is 20.4 Å². The number of nitrogens with one attached hydrogen (secondary N) is 1. The van der Waals surface area contributed by atoms with Crippen LogP contribution in [0.25, 0.3) is 5.57 Å². The number of anilines is 1. The van der Waals surface area contributed by atoms with Crippen LogP contribution in [0.3, 0.4) is 0 Å². The number of nitrogens with zero attached hydrogens (tertiary/aromatic N) is 3. The van der Waals surface area contributed by atoms with Crippen LogP contribution in [0.4, 0.5) is 5.69 Å². The van der Waals surface area contributed by atoms with Gasteiger partial charge in [0.15, 0.2) is 0 Å². The third-order valence-corrected chi connectivity index (χ3v) is 5.82. The average Bonchev–Trinajstić information content (AvgIpc) is 2.88. The van der Waals surface area contributed by atoms with Gasteiger partial charge in [0.2, 0.25) is 0 Å². The number of likely N-dealkylation sites (N-methyl/N-ethyl adjacent to an activating group) is 1. The molecule has 0 unspecified atom stereocenters. The molecule has 190 valence electrons. The van der Waals surface area contributed by atoms with Gasteiger partial charge >= 0.3 is 0 Å². The molecule has 0 aliphatic carbocycles. The first kappa shape index (κ1) is 27.5. The molecule has 0 aromatic heterocycles. The predicted octanol–water partition coefficient (Wildman–Crippen LogP) is 4.99. The zero-order chi connectivity index (χ0) is 26.0. The molecule has 0 fully saturated rings. The lowest BCUT2D eigenvalue weighted by molar-refractivity contribution is 0.0939. The molecule has 3 N–H and O–H groups in total. The Kier molecular flexibility index (Phi) is 10.4. The van der Waals surface area contributed by atoms with Gasteiger partial charge in [0, 0.05) is 75.8 Å². The summed E-state index contributed by atoms with van der Waals surface area (Å²) in [4.78, 5) is 21.5. The van der Waals surface area contributed by atoms with E-state index in [2.05, 4.69) is 33.2 Å². The maximum atomic E-state index is 13.2. The number of nitrogens with two attached hydrogens (primary N) is 1. The molecule has 1 amide bonds. The molecule has 1 aliphatic heterocycles. The van der Waals surface area contributed by atoms with E-state index >= 15 is 0 Å². The molecule has 7 heteroatoms. The summed E-state index contributed by atoms with van der Waals surface area (Å²) >= 11 is 0. The van der Waals surface area contributed by atoms with Gasteiger partial charge in [-0.15, -0.1) is 0 Å². The van der Waals surface area contributed by atoms with Crippen molar-refractivity contribution in [3.05, 3.63) is 77.3 Å². The van der Waals surface area contributed by atoms with Crippen molar-refractivity contribution in [1.29, 1.82) is 0 Å². The lowest BCUT2D eigenvalue weighted by Crippen LogP contribution is -2.32. The van der Waals surface area contributed by atoms with E-state index in [9.17, 15) is 4.79 Å². The van der Waals surface area contributed by atoms with Gasteiger partial charge in [-0.25, -0.2) is 0 Å². The maximum Gasteiger partial charge on any atom is 0.252 e. The minimum atomic E-state index is -0.211. The fourth-order valence-electron chi connectivity index (χ4n) is 3.77. The highest BCUT2D eigenvalue weighted by molar-refractivity contribution is 6.10. The second kappa shape index (κ2) is 13.2. The molecular formula is C28H41N5O2. The Hall–Kier alpha value is -3.74. The first-order valence-electron chi connectivity index (χ1n) is 12.0. The van der Waals surface area contributed by atoms with E-state index in [1.807, 2.05) is 70.4 Å². The Morgan fingerprint density at radius 1 is 1.17 bits per heavy atom. The van der Waals surface area contributed by atoms with E-state index in [1.165, 1.54) is 6.20 Å². The molecule has 0 spiro atoms. The van der Waals surface area contributed by atoms with Crippen LogP contribution in [-0.4, -0.2) is 51.3 Å². The first-order valence-corrected chi connectivity index (χ1v) is 12.0. The maximum absolute atomic E-state index is 13.2.